The topological polar surface area (TPSA) is 55.8 Å². The number of ether oxygens (including phenoxy) is 2. The highest BCUT2D eigenvalue weighted by Gasteiger charge is 2.39. The van der Waals surface area contributed by atoms with Gasteiger partial charge < -0.3 is 9.47 Å². The van der Waals surface area contributed by atoms with Gasteiger partial charge in [-0.15, -0.1) is 0 Å². The third-order valence-corrected chi connectivity index (χ3v) is 3.22. The molecule has 1 aromatic carbocycles. The summed E-state index contributed by atoms with van der Waals surface area (Å²) in [4.78, 5) is 25.2. The van der Waals surface area contributed by atoms with Crippen molar-refractivity contribution in [3.05, 3.63) is 35.4 Å². The van der Waals surface area contributed by atoms with E-state index in [0.29, 0.717) is 0 Å². The van der Waals surface area contributed by atoms with Crippen LogP contribution < -0.4 is 0 Å². The van der Waals surface area contributed by atoms with E-state index in [0.717, 1.165) is 11.1 Å². The molecule has 110 valence electrons. The molecule has 0 radical (unpaired) electrons. The van der Waals surface area contributed by atoms with Crippen LogP contribution in [-0.4, -0.2) is 36.7 Å². The average Bonchev–Trinajstić information content (AvgIpc) is 2.44. The molecule has 0 heterocycles. The highest BCUT2D eigenvalue weighted by molar-refractivity contribution is 5.84. The van der Waals surface area contributed by atoms with Crippen LogP contribution in [0, 0.1) is 6.92 Å². The first kappa shape index (κ1) is 16.0. The largest absolute Gasteiger partial charge is 0.467 e. The van der Waals surface area contributed by atoms with Gasteiger partial charge in [0.25, 0.3) is 0 Å². The van der Waals surface area contributed by atoms with E-state index in [4.69, 9.17) is 9.47 Å². The van der Waals surface area contributed by atoms with Gasteiger partial charge >= 0.3 is 12.1 Å². The molecule has 0 saturated carbocycles. The number of hydrogen-bond acceptors (Lipinski definition) is 4. The van der Waals surface area contributed by atoms with Gasteiger partial charge in [-0.1, -0.05) is 29.8 Å². The minimum absolute atomic E-state index is 0.273. The van der Waals surface area contributed by atoms with E-state index in [-0.39, 0.29) is 6.54 Å². The Morgan fingerprint density at radius 3 is 2.10 bits per heavy atom. The van der Waals surface area contributed by atoms with E-state index < -0.39 is 17.6 Å². The van der Waals surface area contributed by atoms with Gasteiger partial charge in [0.1, 0.15) is 5.54 Å². The quantitative estimate of drug-likeness (QED) is 0.795. The zero-order valence-electron chi connectivity index (χ0n) is 12.6. The Balaban J connectivity index is 3.04. The summed E-state index contributed by atoms with van der Waals surface area (Å²) < 4.78 is 9.53. The summed E-state index contributed by atoms with van der Waals surface area (Å²) in [6, 6.07) is 7.74. The molecule has 0 atom stereocenters. The highest BCUT2D eigenvalue weighted by Crippen LogP contribution is 2.21. The lowest BCUT2D eigenvalue weighted by molar-refractivity contribution is -0.152. The fourth-order valence-corrected chi connectivity index (χ4v) is 1.84. The molecule has 1 rings (SSSR count). The van der Waals surface area contributed by atoms with Crippen LogP contribution in [0.2, 0.25) is 0 Å². The van der Waals surface area contributed by atoms with Crippen LogP contribution in [0.5, 0.6) is 0 Å². The van der Waals surface area contributed by atoms with Crippen LogP contribution >= 0.6 is 0 Å². The van der Waals surface area contributed by atoms with E-state index in [9.17, 15) is 9.59 Å². The molecule has 0 aromatic heterocycles. The van der Waals surface area contributed by atoms with Crippen molar-refractivity contribution >= 4 is 12.1 Å². The molecule has 0 N–H and O–H groups in total. The van der Waals surface area contributed by atoms with Gasteiger partial charge in [0.05, 0.1) is 20.8 Å². The third kappa shape index (κ3) is 3.50. The maximum Gasteiger partial charge on any atom is 0.410 e. The Morgan fingerprint density at radius 2 is 1.65 bits per heavy atom. The molecule has 0 unspecified atom stereocenters. The lowest BCUT2D eigenvalue weighted by atomic mass is 10.0. The highest BCUT2D eigenvalue weighted by atomic mass is 16.5. The third-order valence-electron chi connectivity index (χ3n) is 3.22. The molecular weight excluding hydrogens is 258 g/mol. The molecule has 0 aliphatic heterocycles. The number of rotatable bonds is 4. The summed E-state index contributed by atoms with van der Waals surface area (Å²) in [7, 11) is 2.59. The van der Waals surface area contributed by atoms with Gasteiger partial charge in [-0.3, -0.25) is 4.90 Å². The van der Waals surface area contributed by atoms with Crippen LogP contribution in [-0.2, 0) is 20.8 Å². The van der Waals surface area contributed by atoms with Crippen LogP contribution in [0.15, 0.2) is 24.3 Å². The number of nitrogens with zero attached hydrogens (tertiary/aromatic N) is 1. The molecule has 0 aliphatic rings. The van der Waals surface area contributed by atoms with Crippen molar-refractivity contribution in [2.24, 2.45) is 0 Å². The molecule has 0 aliphatic carbocycles. The Kier molecular flexibility index (Phi) is 5.13. The number of carbonyl (C=O) groups is 2. The first-order chi connectivity index (χ1) is 9.32. The van der Waals surface area contributed by atoms with Gasteiger partial charge in [-0.05, 0) is 26.3 Å². The summed E-state index contributed by atoms with van der Waals surface area (Å²) in [5.74, 6) is -0.491. The van der Waals surface area contributed by atoms with Gasteiger partial charge in [0.15, 0.2) is 0 Å². The molecule has 0 fully saturated rings. The number of carbonyl (C=O) groups excluding carboxylic acids is 2. The van der Waals surface area contributed by atoms with Gasteiger partial charge in [-0.25, -0.2) is 9.59 Å². The second-order valence-corrected chi connectivity index (χ2v) is 5.09. The number of benzene rings is 1. The summed E-state index contributed by atoms with van der Waals surface area (Å²) in [6.45, 7) is 5.52. The van der Waals surface area contributed by atoms with Gasteiger partial charge in [0.2, 0.25) is 0 Å². The molecular formula is C15H21NO4. The van der Waals surface area contributed by atoms with Crippen molar-refractivity contribution in [2.45, 2.75) is 32.9 Å². The molecule has 0 spiro atoms. The van der Waals surface area contributed by atoms with Crippen LogP contribution in [0.3, 0.4) is 0 Å². The summed E-state index contributed by atoms with van der Waals surface area (Å²) in [5, 5.41) is 0. The monoisotopic (exact) mass is 279 g/mol. The Labute approximate surface area is 119 Å². The lowest BCUT2D eigenvalue weighted by Gasteiger charge is -2.34. The fourth-order valence-electron chi connectivity index (χ4n) is 1.84. The molecule has 5 heteroatoms. The molecule has 1 amide bonds. The smallest absolute Gasteiger partial charge is 0.410 e. The van der Waals surface area contributed by atoms with E-state index in [1.807, 2.05) is 31.2 Å². The molecule has 1 aromatic rings. The van der Waals surface area contributed by atoms with Crippen molar-refractivity contribution in [3.8, 4) is 0 Å². The summed E-state index contributed by atoms with van der Waals surface area (Å²) in [6.07, 6.45) is -0.569. The zero-order valence-corrected chi connectivity index (χ0v) is 12.6. The average molecular weight is 279 g/mol. The Morgan fingerprint density at radius 1 is 1.10 bits per heavy atom. The Hall–Kier alpha value is -2.04. The van der Waals surface area contributed by atoms with Crippen molar-refractivity contribution in [3.63, 3.8) is 0 Å². The SMILES string of the molecule is COC(=O)N(Cc1ccc(C)cc1)C(C)(C)C(=O)OC. The number of hydrogen-bond donors (Lipinski definition) is 0. The summed E-state index contributed by atoms with van der Waals surface area (Å²) >= 11 is 0. The minimum atomic E-state index is -1.10. The Bertz CT molecular complexity index is 479. The lowest BCUT2D eigenvalue weighted by Crippen LogP contribution is -2.53. The van der Waals surface area contributed by atoms with Crippen molar-refractivity contribution < 1.29 is 19.1 Å². The maximum atomic E-state index is 11.9. The fraction of sp³-hybridized carbons (Fsp3) is 0.467. The van der Waals surface area contributed by atoms with Crippen LogP contribution in [0.1, 0.15) is 25.0 Å². The number of aryl methyl sites for hydroxylation is 1. The molecule has 5 nitrogen and oxygen atoms in total. The number of amides is 1. The standard InChI is InChI=1S/C15H21NO4/c1-11-6-8-12(9-7-11)10-16(14(18)20-5)15(2,3)13(17)19-4/h6-9H,10H2,1-5H3. The van der Waals surface area contributed by atoms with Crippen molar-refractivity contribution in [1.29, 1.82) is 0 Å². The van der Waals surface area contributed by atoms with E-state index >= 15 is 0 Å². The van der Waals surface area contributed by atoms with Crippen molar-refractivity contribution in [1.82, 2.24) is 4.90 Å². The predicted octanol–water partition coefficient (Wildman–Crippen LogP) is 2.52. The predicted molar refractivity (Wildman–Crippen MR) is 75.2 cm³/mol. The van der Waals surface area contributed by atoms with Gasteiger partial charge in [-0.2, -0.15) is 0 Å². The summed E-state index contributed by atoms with van der Waals surface area (Å²) in [5.41, 5.74) is 0.941. The second kappa shape index (κ2) is 6.41. The maximum absolute atomic E-state index is 11.9. The number of methoxy groups -OCH3 is 2. The van der Waals surface area contributed by atoms with Crippen LogP contribution in [0.25, 0.3) is 0 Å². The molecule has 20 heavy (non-hydrogen) atoms. The van der Waals surface area contributed by atoms with Crippen molar-refractivity contribution in [2.75, 3.05) is 14.2 Å². The van der Waals surface area contributed by atoms with E-state index in [1.165, 1.54) is 19.1 Å². The zero-order chi connectivity index (χ0) is 15.3. The molecule has 0 saturated heterocycles. The molecule has 0 bridgehead atoms. The number of esters is 1. The first-order valence-corrected chi connectivity index (χ1v) is 6.32. The first-order valence-electron chi connectivity index (χ1n) is 6.32. The van der Waals surface area contributed by atoms with E-state index in [1.54, 1.807) is 13.8 Å². The van der Waals surface area contributed by atoms with Gasteiger partial charge in [0, 0.05) is 0 Å². The minimum Gasteiger partial charge on any atom is -0.467 e. The normalized spacial score (nSPS) is 10.8. The van der Waals surface area contributed by atoms with E-state index in [2.05, 4.69) is 0 Å². The van der Waals surface area contributed by atoms with Crippen LogP contribution in [0.4, 0.5) is 4.79 Å². The second-order valence-electron chi connectivity index (χ2n) is 5.09.